The predicted molar refractivity (Wildman–Crippen MR) is 134 cm³/mol. The van der Waals surface area contributed by atoms with Gasteiger partial charge in [0.25, 0.3) is 0 Å². The Hall–Kier alpha value is -3.04. The van der Waals surface area contributed by atoms with Crippen LogP contribution in [0.2, 0.25) is 0 Å². The number of benzene rings is 2. The number of ether oxygens (including phenoxy) is 1. The van der Waals surface area contributed by atoms with Crippen LogP contribution in [0.15, 0.2) is 53.7 Å². The van der Waals surface area contributed by atoms with Crippen molar-refractivity contribution in [3.05, 3.63) is 59.9 Å². The first kappa shape index (κ1) is 25.1. The summed E-state index contributed by atoms with van der Waals surface area (Å²) in [6, 6.07) is 13.1. The summed E-state index contributed by atoms with van der Waals surface area (Å²) in [4.78, 5) is 24.9. The lowest BCUT2D eigenvalue weighted by Crippen LogP contribution is -2.19. The number of amides is 1. The summed E-state index contributed by atoms with van der Waals surface area (Å²) in [5, 5.41) is 11.8. The van der Waals surface area contributed by atoms with Crippen LogP contribution in [0, 0.1) is 5.82 Å². The quantitative estimate of drug-likeness (QED) is 0.300. The molecule has 3 aromatic rings. The third-order valence-corrected chi connectivity index (χ3v) is 6.89. The molecule has 1 aliphatic rings. The number of nitrogens with one attached hydrogen (secondary N) is 1. The first-order chi connectivity index (χ1) is 16.9. The molecule has 2 aromatic carbocycles. The molecule has 1 saturated heterocycles. The second-order valence-electron chi connectivity index (χ2n) is 8.56. The van der Waals surface area contributed by atoms with Crippen LogP contribution in [0.3, 0.4) is 0 Å². The van der Waals surface area contributed by atoms with E-state index in [1.807, 2.05) is 18.4 Å². The molecule has 1 fully saturated rings. The molecule has 7 nitrogen and oxygen atoms in total. The number of anilines is 1. The van der Waals surface area contributed by atoms with Gasteiger partial charge in [0, 0.05) is 29.8 Å². The molecule has 2 heterocycles. The second-order valence-corrected chi connectivity index (χ2v) is 9.87. The lowest BCUT2D eigenvalue weighted by atomic mass is 10.1. The smallest absolute Gasteiger partial charge is 0.224 e. The van der Waals surface area contributed by atoms with E-state index in [4.69, 9.17) is 4.74 Å². The van der Waals surface area contributed by atoms with Gasteiger partial charge in [-0.1, -0.05) is 18.7 Å². The molecule has 1 aromatic heterocycles. The number of carbonyl (C=O) groups is 2. The molecule has 0 bridgehead atoms. The molecule has 184 valence electrons. The fraction of sp³-hybridized carbons (Fsp3) is 0.385. The summed E-state index contributed by atoms with van der Waals surface area (Å²) in [6.45, 7) is 5.08. The number of carbonyl (C=O) groups excluding carboxylic acids is 2. The molecule has 0 saturated carbocycles. The zero-order valence-electron chi connectivity index (χ0n) is 19.9. The molecule has 1 amide bonds. The highest BCUT2D eigenvalue weighted by Gasteiger charge is 2.25. The van der Waals surface area contributed by atoms with Crippen molar-refractivity contribution in [2.45, 2.75) is 62.6 Å². The van der Waals surface area contributed by atoms with Crippen LogP contribution in [0.1, 0.15) is 49.9 Å². The SMILES string of the molecule is CCCC(=O)Nc1ccc(C(=O)C(C)Sc2nnc(-c3ccc(F)cc3)n2CC2CCCO2)cc1. The molecule has 0 aliphatic carbocycles. The maximum Gasteiger partial charge on any atom is 0.224 e. The van der Waals surface area contributed by atoms with Crippen LogP contribution >= 0.6 is 11.8 Å². The molecule has 0 radical (unpaired) electrons. The Morgan fingerprint density at radius 3 is 2.57 bits per heavy atom. The zero-order valence-corrected chi connectivity index (χ0v) is 20.7. The normalized spacial score (nSPS) is 16.3. The molecule has 2 unspecified atom stereocenters. The van der Waals surface area contributed by atoms with Crippen molar-refractivity contribution in [2.24, 2.45) is 0 Å². The average molecular weight is 497 g/mol. The number of aromatic nitrogens is 3. The van der Waals surface area contributed by atoms with Gasteiger partial charge in [-0.25, -0.2) is 4.39 Å². The van der Waals surface area contributed by atoms with Gasteiger partial charge >= 0.3 is 0 Å². The number of hydrogen-bond acceptors (Lipinski definition) is 6. The highest BCUT2D eigenvalue weighted by atomic mass is 32.2. The van der Waals surface area contributed by atoms with Gasteiger partial charge in [0.05, 0.1) is 17.9 Å². The first-order valence-corrected chi connectivity index (χ1v) is 12.7. The van der Waals surface area contributed by atoms with E-state index in [1.54, 1.807) is 36.4 Å². The van der Waals surface area contributed by atoms with E-state index < -0.39 is 5.25 Å². The number of halogens is 1. The van der Waals surface area contributed by atoms with Crippen molar-refractivity contribution in [1.29, 1.82) is 0 Å². The van der Waals surface area contributed by atoms with Crippen LogP contribution in [-0.4, -0.2) is 44.4 Å². The number of nitrogens with zero attached hydrogens (tertiary/aromatic N) is 3. The van der Waals surface area contributed by atoms with Crippen LogP contribution in [-0.2, 0) is 16.1 Å². The first-order valence-electron chi connectivity index (χ1n) is 11.9. The van der Waals surface area contributed by atoms with Gasteiger partial charge in [0.1, 0.15) is 5.82 Å². The van der Waals surface area contributed by atoms with Crippen molar-refractivity contribution in [2.75, 3.05) is 11.9 Å². The summed E-state index contributed by atoms with van der Waals surface area (Å²) >= 11 is 1.34. The molecule has 2 atom stereocenters. The van der Waals surface area contributed by atoms with Gasteiger partial charge in [-0.05, 0) is 74.7 Å². The number of rotatable bonds is 10. The van der Waals surface area contributed by atoms with Gasteiger partial charge in [0.2, 0.25) is 5.91 Å². The van der Waals surface area contributed by atoms with Crippen LogP contribution < -0.4 is 5.32 Å². The van der Waals surface area contributed by atoms with E-state index in [0.29, 0.717) is 35.2 Å². The van der Waals surface area contributed by atoms with Crippen LogP contribution in [0.5, 0.6) is 0 Å². The number of thioether (sulfide) groups is 1. The molecule has 1 aliphatic heterocycles. The highest BCUT2D eigenvalue weighted by Crippen LogP contribution is 2.30. The van der Waals surface area contributed by atoms with Crippen LogP contribution in [0.4, 0.5) is 10.1 Å². The Labute approximate surface area is 208 Å². The maximum atomic E-state index is 13.5. The van der Waals surface area contributed by atoms with Crippen molar-refractivity contribution >= 4 is 29.1 Å². The minimum atomic E-state index is -0.413. The Morgan fingerprint density at radius 1 is 1.17 bits per heavy atom. The standard InChI is InChI=1S/C26H29FN4O3S/c1-3-5-23(32)28-21-13-9-18(10-14-21)24(33)17(2)35-26-30-29-25(19-7-11-20(27)12-8-19)31(26)16-22-6-4-15-34-22/h7-14,17,22H,3-6,15-16H2,1-2H3,(H,28,32). The van der Waals surface area contributed by atoms with Crippen molar-refractivity contribution in [3.63, 3.8) is 0 Å². The van der Waals surface area contributed by atoms with E-state index in [1.165, 1.54) is 23.9 Å². The molecule has 1 N–H and O–H groups in total. The second kappa shape index (κ2) is 11.6. The monoisotopic (exact) mass is 496 g/mol. The average Bonchev–Trinajstić information content (AvgIpc) is 3.50. The third kappa shape index (κ3) is 6.35. The van der Waals surface area contributed by atoms with E-state index >= 15 is 0 Å². The van der Waals surface area contributed by atoms with Crippen molar-refractivity contribution in [3.8, 4) is 11.4 Å². The Balaban J connectivity index is 1.50. The fourth-order valence-corrected chi connectivity index (χ4v) is 4.90. The highest BCUT2D eigenvalue weighted by molar-refractivity contribution is 8.00. The lowest BCUT2D eigenvalue weighted by Gasteiger charge is -2.16. The summed E-state index contributed by atoms with van der Waals surface area (Å²) in [6.07, 6.45) is 3.23. The molecular formula is C26H29FN4O3S. The minimum Gasteiger partial charge on any atom is -0.376 e. The fourth-order valence-electron chi connectivity index (χ4n) is 3.96. The van der Waals surface area contributed by atoms with Gasteiger partial charge in [-0.15, -0.1) is 10.2 Å². The van der Waals surface area contributed by atoms with Gasteiger partial charge in [0.15, 0.2) is 16.8 Å². The van der Waals surface area contributed by atoms with Crippen molar-refractivity contribution in [1.82, 2.24) is 14.8 Å². The molecular weight excluding hydrogens is 467 g/mol. The number of hydrogen-bond donors (Lipinski definition) is 1. The Kier molecular flexibility index (Phi) is 8.30. The summed E-state index contributed by atoms with van der Waals surface area (Å²) in [5.74, 6) is 0.216. The number of ketones is 1. The van der Waals surface area contributed by atoms with Gasteiger partial charge < -0.3 is 10.1 Å². The van der Waals surface area contributed by atoms with E-state index in [0.717, 1.165) is 31.4 Å². The predicted octanol–water partition coefficient (Wildman–Crippen LogP) is 5.37. The molecule has 35 heavy (non-hydrogen) atoms. The van der Waals surface area contributed by atoms with Gasteiger partial charge in [-0.2, -0.15) is 0 Å². The summed E-state index contributed by atoms with van der Waals surface area (Å²) in [5.41, 5.74) is 1.98. The van der Waals surface area contributed by atoms with Crippen LogP contribution in [0.25, 0.3) is 11.4 Å². The maximum absolute atomic E-state index is 13.5. The Bertz CT molecular complexity index is 1160. The zero-order chi connectivity index (χ0) is 24.8. The largest absolute Gasteiger partial charge is 0.376 e. The third-order valence-electron chi connectivity index (χ3n) is 5.81. The molecule has 4 rings (SSSR count). The van der Waals surface area contributed by atoms with Gasteiger partial charge in [-0.3, -0.25) is 14.2 Å². The Morgan fingerprint density at radius 2 is 1.91 bits per heavy atom. The topological polar surface area (TPSA) is 86.1 Å². The molecule has 9 heteroatoms. The lowest BCUT2D eigenvalue weighted by molar-refractivity contribution is -0.116. The van der Waals surface area contributed by atoms with E-state index in [2.05, 4.69) is 15.5 Å². The minimum absolute atomic E-state index is 0.0435. The molecule has 0 spiro atoms. The summed E-state index contributed by atoms with van der Waals surface area (Å²) in [7, 11) is 0. The summed E-state index contributed by atoms with van der Waals surface area (Å²) < 4.78 is 21.2. The number of Topliss-reactive ketones (excluding diaryl/α,β-unsaturated/α-hetero) is 1. The van der Waals surface area contributed by atoms with E-state index in [-0.39, 0.29) is 23.6 Å². The van der Waals surface area contributed by atoms with E-state index in [9.17, 15) is 14.0 Å². The van der Waals surface area contributed by atoms with Crippen molar-refractivity contribution < 1.29 is 18.7 Å².